The Morgan fingerprint density at radius 3 is 1.82 bits per heavy atom. The average molecular weight is 519 g/mol. The van der Waals surface area contributed by atoms with Crippen LogP contribution < -0.4 is 10.2 Å². The van der Waals surface area contributed by atoms with E-state index in [-0.39, 0.29) is 29.6 Å². The van der Waals surface area contributed by atoms with Gasteiger partial charge in [-0.2, -0.15) is 0 Å². The molecule has 1 N–H and O–H groups in total. The van der Waals surface area contributed by atoms with Gasteiger partial charge in [-0.25, -0.2) is 4.90 Å². The molecular formula is C32H23ClN2O3. The average Bonchev–Trinajstić information content (AvgIpc) is 3.21. The summed E-state index contributed by atoms with van der Waals surface area (Å²) in [6, 6.07) is 28.4. The Balaban J connectivity index is 1.26. The fourth-order valence-corrected chi connectivity index (χ4v) is 6.83. The van der Waals surface area contributed by atoms with Crippen LogP contribution in [0.1, 0.15) is 50.0 Å². The molecule has 1 aliphatic heterocycles. The van der Waals surface area contributed by atoms with Crippen molar-refractivity contribution in [2.24, 2.45) is 11.8 Å². The minimum Gasteiger partial charge on any atom is -0.322 e. The predicted octanol–water partition coefficient (Wildman–Crippen LogP) is 6.30. The van der Waals surface area contributed by atoms with Gasteiger partial charge in [-0.05, 0) is 65.1 Å². The molecule has 4 aromatic carbocycles. The van der Waals surface area contributed by atoms with Crippen LogP contribution >= 0.6 is 11.6 Å². The monoisotopic (exact) mass is 518 g/mol. The van der Waals surface area contributed by atoms with Crippen molar-refractivity contribution in [3.63, 3.8) is 0 Å². The second kappa shape index (κ2) is 8.40. The van der Waals surface area contributed by atoms with Crippen molar-refractivity contribution in [3.8, 4) is 0 Å². The quantitative estimate of drug-likeness (QED) is 0.324. The second-order valence-corrected chi connectivity index (χ2v) is 10.6. The number of anilines is 2. The summed E-state index contributed by atoms with van der Waals surface area (Å²) in [6.07, 6.45) is 0. The van der Waals surface area contributed by atoms with Gasteiger partial charge in [0.25, 0.3) is 5.91 Å². The van der Waals surface area contributed by atoms with Gasteiger partial charge in [0.15, 0.2) is 0 Å². The molecule has 2 atom stereocenters. The number of rotatable bonds is 3. The number of nitrogens with zero attached hydrogens (tertiary/aromatic N) is 1. The Bertz CT molecular complexity index is 1560. The molecule has 8 rings (SSSR count). The maximum Gasteiger partial charge on any atom is 0.255 e. The molecule has 3 amide bonds. The summed E-state index contributed by atoms with van der Waals surface area (Å²) < 4.78 is 0. The third kappa shape index (κ3) is 3.15. The molecule has 0 spiro atoms. The first-order valence-corrected chi connectivity index (χ1v) is 13.1. The lowest BCUT2D eigenvalue weighted by Gasteiger charge is -2.45. The zero-order chi connectivity index (χ0) is 26.1. The van der Waals surface area contributed by atoms with E-state index in [1.165, 1.54) is 4.90 Å². The number of carbonyl (C=O) groups is 3. The fraction of sp³-hybridized carbons (Fsp3) is 0.156. The van der Waals surface area contributed by atoms with E-state index in [0.717, 1.165) is 27.8 Å². The van der Waals surface area contributed by atoms with Gasteiger partial charge in [-0.1, -0.05) is 72.3 Å². The highest BCUT2D eigenvalue weighted by Gasteiger charge is 2.61. The number of hydrogen-bond acceptors (Lipinski definition) is 3. The second-order valence-electron chi connectivity index (χ2n) is 10.2. The maximum atomic E-state index is 14.0. The minimum absolute atomic E-state index is 0.170. The lowest BCUT2D eigenvalue weighted by Crippen LogP contribution is -2.41. The first-order valence-electron chi connectivity index (χ1n) is 12.7. The summed E-state index contributed by atoms with van der Waals surface area (Å²) in [6.45, 7) is 1.84. The number of amides is 3. The third-order valence-corrected chi connectivity index (χ3v) is 8.74. The largest absolute Gasteiger partial charge is 0.322 e. The lowest BCUT2D eigenvalue weighted by molar-refractivity contribution is -0.122. The smallest absolute Gasteiger partial charge is 0.255 e. The van der Waals surface area contributed by atoms with Crippen molar-refractivity contribution >= 4 is 40.7 Å². The molecule has 1 saturated heterocycles. The predicted molar refractivity (Wildman–Crippen MR) is 147 cm³/mol. The van der Waals surface area contributed by atoms with E-state index in [0.29, 0.717) is 22.0 Å². The van der Waals surface area contributed by atoms with Crippen molar-refractivity contribution < 1.29 is 14.4 Å². The van der Waals surface area contributed by atoms with E-state index >= 15 is 0 Å². The Morgan fingerprint density at radius 2 is 1.26 bits per heavy atom. The standard InChI is InChI=1S/C32H23ClN2O3/c1-17-24(33)14-7-15-25(17)34-30(36)18-8-6-9-19(16-18)35-31(37)28-26-20-10-2-3-11-21(20)27(29(28)32(35)38)23-13-5-4-12-22(23)26/h2-16,26-29H,1H3,(H,34,36)/t26?,27?,28-,29+. The van der Waals surface area contributed by atoms with Crippen molar-refractivity contribution in [1.82, 2.24) is 0 Å². The van der Waals surface area contributed by atoms with Crippen molar-refractivity contribution in [3.05, 3.63) is 129 Å². The van der Waals surface area contributed by atoms with E-state index in [1.54, 1.807) is 42.5 Å². The molecular weight excluding hydrogens is 496 g/mol. The summed E-state index contributed by atoms with van der Waals surface area (Å²) >= 11 is 6.21. The number of benzene rings is 4. The molecule has 38 heavy (non-hydrogen) atoms. The van der Waals surface area contributed by atoms with E-state index in [9.17, 15) is 14.4 Å². The van der Waals surface area contributed by atoms with Crippen LogP contribution in [0.4, 0.5) is 11.4 Å². The van der Waals surface area contributed by atoms with Gasteiger partial charge in [-0.3, -0.25) is 14.4 Å². The van der Waals surface area contributed by atoms with Crippen LogP contribution in [0.5, 0.6) is 0 Å². The topological polar surface area (TPSA) is 66.5 Å². The highest BCUT2D eigenvalue weighted by molar-refractivity contribution is 6.31. The van der Waals surface area contributed by atoms with Crippen LogP contribution in [-0.2, 0) is 9.59 Å². The van der Waals surface area contributed by atoms with Gasteiger partial charge in [0.05, 0.1) is 17.5 Å². The van der Waals surface area contributed by atoms with Crippen LogP contribution in [0.25, 0.3) is 0 Å². The number of hydrogen-bond donors (Lipinski definition) is 1. The summed E-state index contributed by atoms with van der Waals surface area (Å²) in [7, 11) is 0. The molecule has 0 saturated carbocycles. The van der Waals surface area contributed by atoms with Gasteiger partial charge < -0.3 is 5.32 Å². The molecule has 1 fully saturated rings. The number of carbonyl (C=O) groups excluding carboxylic acids is 3. The van der Waals surface area contributed by atoms with E-state index < -0.39 is 11.8 Å². The van der Waals surface area contributed by atoms with Crippen LogP contribution in [0.3, 0.4) is 0 Å². The van der Waals surface area contributed by atoms with Gasteiger partial charge in [0.1, 0.15) is 0 Å². The number of halogens is 1. The Labute approximate surface area is 225 Å². The van der Waals surface area contributed by atoms with Crippen molar-refractivity contribution in [2.45, 2.75) is 18.8 Å². The van der Waals surface area contributed by atoms with Gasteiger partial charge in [0.2, 0.25) is 11.8 Å². The summed E-state index contributed by atoms with van der Waals surface area (Å²) in [5, 5.41) is 3.45. The maximum absolute atomic E-state index is 14.0. The lowest BCUT2D eigenvalue weighted by atomic mass is 9.55. The van der Waals surface area contributed by atoms with E-state index in [4.69, 9.17) is 11.6 Å². The molecule has 0 radical (unpaired) electrons. The molecule has 3 aliphatic carbocycles. The fourth-order valence-electron chi connectivity index (χ4n) is 6.66. The highest BCUT2D eigenvalue weighted by Crippen LogP contribution is 2.61. The highest BCUT2D eigenvalue weighted by atomic mass is 35.5. The molecule has 6 heteroatoms. The molecule has 0 unspecified atom stereocenters. The van der Waals surface area contributed by atoms with E-state index in [2.05, 4.69) is 29.6 Å². The number of nitrogens with one attached hydrogen (secondary N) is 1. The zero-order valence-electron chi connectivity index (χ0n) is 20.5. The van der Waals surface area contributed by atoms with Gasteiger partial charge in [0, 0.05) is 28.1 Å². The van der Waals surface area contributed by atoms with Gasteiger partial charge in [-0.15, -0.1) is 0 Å². The Morgan fingerprint density at radius 1 is 0.737 bits per heavy atom. The molecule has 2 bridgehead atoms. The molecule has 0 aromatic heterocycles. The number of imide groups is 1. The van der Waals surface area contributed by atoms with Crippen molar-refractivity contribution in [1.29, 1.82) is 0 Å². The first kappa shape index (κ1) is 22.9. The summed E-state index contributed by atoms with van der Waals surface area (Å²) in [4.78, 5) is 42.4. The summed E-state index contributed by atoms with van der Waals surface area (Å²) in [5.74, 6) is -2.03. The van der Waals surface area contributed by atoms with Crippen LogP contribution in [0.2, 0.25) is 5.02 Å². The zero-order valence-corrected chi connectivity index (χ0v) is 21.3. The molecule has 5 nitrogen and oxygen atoms in total. The SMILES string of the molecule is Cc1c(Cl)cccc1NC(=O)c1cccc(N2C(=O)[C@@H]3C4c5ccccc5C(c5ccccc54)[C@@H]3C2=O)c1. The molecule has 4 aliphatic rings. The Kier molecular flexibility index (Phi) is 5.07. The minimum atomic E-state index is -0.469. The van der Waals surface area contributed by atoms with E-state index in [1.807, 2.05) is 31.2 Å². The molecule has 4 aromatic rings. The van der Waals surface area contributed by atoms with Crippen molar-refractivity contribution in [2.75, 3.05) is 10.2 Å². The summed E-state index contributed by atoms with van der Waals surface area (Å²) in [5.41, 5.74) is 6.66. The van der Waals surface area contributed by atoms with Crippen LogP contribution in [0, 0.1) is 18.8 Å². The van der Waals surface area contributed by atoms with Crippen LogP contribution in [-0.4, -0.2) is 17.7 Å². The molecule has 1 heterocycles. The third-order valence-electron chi connectivity index (χ3n) is 8.33. The normalized spacial score (nSPS) is 22.6. The first-order chi connectivity index (χ1) is 18.5. The van der Waals surface area contributed by atoms with Gasteiger partial charge >= 0.3 is 0 Å². The van der Waals surface area contributed by atoms with Crippen LogP contribution in [0.15, 0.2) is 91.0 Å². The molecule has 186 valence electrons. The Hall–Kier alpha value is -4.22.